The minimum atomic E-state index is 0.121. The van der Waals surface area contributed by atoms with Gasteiger partial charge in [0.1, 0.15) is 0 Å². The lowest BCUT2D eigenvalue weighted by molar-refractivity contribution is 0.513. The van der Waals surface area contributed by atoms with E-state index in [1.165, 1.54) is 16.8 Å². The molecule has 0 spiro atoms. The van der Waals surface area contributed by atoms with Gasteiger partial charge >= 0.3 is 0 Å². The molecule has 0 unspecified atom stereocenters. The van der Waals surface area contributed by atoms with E-state index < -0.39 is 0 Å². The van der Waals surface area contributed by atoms with Crippen molar-refractivity contribution in [3.05, 3.63) is 29.1 Å². The fourth-order valence-corrected chi connectivity index (χ4v) is 1.74. The van der Waals surface area contributed by atoms with E-state index in [2.05, 4.69) is 59.5 Å². The minimum Gasteiger partial charge on any atom is -0.260 e. The highest BCUT2D eigenvalue weighted by molar-refractivity contribution is 5.34. The molecular weight excluding hydrogens is 182 g/mol. The summed E-state index contributed by atoms with van der Waals surface area (Å²) in [6, 6.07) is 2.27. The van der Waals surface area contributed by atoms with Crippen molar-refractivity contribution in [3.8, 4) is 0 Å². The van der Waals surface area contributed by atoms with Crippen molar-refractivity contribution in [3.63, 3.8) is 0 Å². The molecule has 15 heavy (non-hydrogen) atoms. The predicted molar refractivity (Wildman–Crippen MR) is 66.4 cm³/mol. The average Bonchev–Trinajstić information content (AvgIpc) is 2.00. The van der Waals surface area contributed by atoms with Crippen molar-refractivity contribution in [2.75, 3.05) is 0 Å². The van der Waals surface area contributed by atoms with Crippen molar-refractivity contribution in [1.82, 2.24) is 4.98 Å². The Hall–Kier alpha value is -0.850. The molecule has 0 bridgehead atoms. The van der Waals surface area contributed by atoms with Crippen molar-refractivity contribution >= 4 is 0 Å². The Kier molecular flexibility index (Phi) is 2.95. The first-order valence-corrected chi connectivity index (χ1v) is 5.60. The highest BCUT2D eigenvalue weighted by Gasteiger charge is 2.26. The molecule has 0 aliphatic heterocycles. The zero-order valence-electron chi connectivity index (χ0n) is 11.1. The van der Waals surface area contributed by atoms with Crippen LogP contribution in [0.4, 0.5) is 0 Å². The van der Waals surface area contributed by atoms with E-state index >= 15 is 0 Å². The van der Waals surface area contributed by atoms with Crippen molar-refractivity contribution in [2.24, 2.45) is 0 Å². The molecule has 1 nitrogen and oxygen atoms in total. The van der Waals surface area contributed by atoms with Crippen molar-refractivity contribution in [2.45, 2.75) is 59.3 Å². The molecule has 1 aromatic rings. The molecule has 0 aliphatic carbocycles. The van der Waals surface area contributed by atoms with E-state index in [0.29, 0.717) is 0 Å². The van der Waals surface area contributed by atoms with Crippen LogP contribution >= 0.6 is 0 Å². The van der Waals surface area contributed by atoms with Gasteiger partial charge in [-0.25, -0.2) is 0 Å². The Balaban J connectivity index is 3.41. The standard InChI is InChI=1S/C14H23N/c1-10-8-11(13(2,3)4)12(15-9-10)14(5,6)7/h8-9H,1-7H3. The molecule has 84 valence electrons. The molecule has 0 aromatic carbocycles. The van der Waals surface area contributed by atoms with Gasteiger partial charge in [-0.05, 0) is 23.5 Å². The molecule has 1 heterocycles. The molecule has 1 heteroatoms. The topological polar surface area (TPSA) is 12.9 Å². The van der Waals surface area contributed by atoms with E-state index in [4.69, 9.17) is 0 Å². The summed E-state index contributed by atoms with van der Waals surface area (Å²) in [5, 5.41) is 0. The van der Waals surface area contributed by atoms with Gasteiger partial charge in [0.15, 0.2) is 0 Å². The smallest absolute Gasteiger partial charge is 0.0494 e. The molecule has 0 N–H and O–H groups in total. The Morgan fingerprint density at radius 2 is 1.47 bits per heavy atom. The first-order chi connectivity index (χ1) is 6.62. The molecule has 1 rings (SSSR count). The summed E-state index contributed by atoms with van der Waals surface area (Å²) in [6.07, 6.45) is 1.97. The van der Waals surface area contributed by atoms with E-state index in [1.807, 2.05) is 6.20 Å². The molecule has 0 aliphatic rings. The van der Waals surface area contributed by atoms with Gasteiger partial charge < -0.3 is 0 Å². The normalized spacial score (nSPS) is 13.0. The summed E-state index contributed by atoms with van der Waals surface area (Å²) < 4.78 is 0. The number of pyridine rings is 1. The zero-order valence-corrected chi connectivity index (χ0v) is 11.1. The summed E-state index contributed by atoms with van der Waals surface area (Å²) in [7, 11) is 0. The van der Waals surface area contributed by atoms with E-state index in [1.54, 1.807) is 0 Å². The fourth-order valence-electron chi connectivity index (χ4n) is 1.74. The van der Waals surface area contributed by atoms with Crippen LogP contribution in [0.25, 0.3) is 0 Å². The van der Waals surface area contributed by atoms with Gasteiger partial charge in [0, 0.05) is 17.3 Å². The van der Waals surface area contributed by atoms with Gasteiger partial charge in [0.05, 0.1) is 0 Å². The van der Waals surface area contributed by atoms with Crippen molar-refractivity contribution in [1.29, 1.82) is 0 Å². The number of aromatic nitrogens is 1. The number of hydrogen-bond donors (Lipinski definition) is 0. The summed E-state index contributed by atoms with van der Waals surface area (Å²) in [6.45, 7) is 15.5. The maximum Gasteiger partial charge on any atom is 0.0494 e. The van der Waals surface area contributed by atoms with Crippen LogP contribution in [-0.4, -0.2) is 4.98 Å². The Labute approximate surface area is 93.9 Å². The highest BCUT2D eigenvalue weighted by atomic mass is 14.7. The van der Waals surface area contributed by atoms with Gasteiger partial charge in [-0.15, -0.1) is 0 Å². The SMILES string of the molecule is Cc1cnc(C(C)(C)C)c(C(C)(C)C)c1. The van der Waals surface area contributed by atoms with Crippen LogP contribution in [0.5, 0.6) is 0 Å². The summed E-state index contributed by atoms with van der Waals surface area (Å²) in [4.78, 5) is 4.62. The Morgan fingerprint density at radius 3 is 1.87 bits per heavy atom. The van der Waals surface area contributed by atoms with Crippen LogP contribution < -0.4 is 0 Å². The second kappa shape index (κ2) is 3.62. The van der Waals surface area contributed by atoms with Crippen LogP contribution in [0, 0.1) is 6.92 Å². The Bertz CT molecular complexity index is 351. The number of rotatable bonds is 0. The van der Waals surface area contributed by atoms with Crippen LogP contribution in [0.15, 0.2) is 12.3 Å². The van der Waals surface area contributed by atoms with E-state index in [-0.39, 0.29) is 10.8 Å². The minimum absolute atomic E-state index is 0.121. The van der Waals surface area contributed by atoms with Gasteiger partial charge in [0.2, 0.25) is 0 Å². The number of hydrogen-bond acceptors (Lipinski definition) is 1. The summed E-state index contributed by atoms with van der Waals surface area (Å²) >= 11 is 0. The Morgan fingerprint density at radius 1 is 0.933 bits per heavy atom. The molecule has 0 saturated heterocycles. The monoisotopic (exact) mass is 205 g/mol. The molecular formula is C14H23N. The number of nitrogens with zero attached hydrogens (tertiary/aromatic N) is 1. The quantitative estimate of drug-likeness (QED) is 0.624. The second-order valence-electron chi connectivity index (χ2n) is 6.41. The maximum atomic E-state index is 4.62. The third-order valence-corrected chi connectivity index (χ3v) is 2.54. The largest absolute Gasteiger partial charge is 0.260 e. The van der Waals surface area contributed by atoms with E-state index in [0.717, 1.165) is 0 Å². The molecule has 0 saturated carbocycles. The van der Waals surface area contributed by atoms with Gasteiger partial charge in [0.25, 0.3) is 0 Å². The van der Waals surface area contributed by atoms with E-state index in [9.17, 15) is 0 Å². The van der Waals surface area contributed by atoms with Crippen LogP contribution in [-0.2, 0) is 10.8 Å². The fraction of sp³-hybridized carbons (Fsp3) is 0.643. The zero-order chi connectivity index (χ0) is 11.9. The first-order valence-electron chi connectivity index (χ1n) is 5.60. The summed E-state index contributed by atoms with van der Waals surface area (Å²) in [5.41, 5.74) is 4.13. The lowest BCUT2D eigenvalue weighted by Gasteiger charge is -2.29. The lowest BCUT2D eigenvalue weighted by Crippen LogP contribution is -2.23. The number of aryl methyl sites for hydroxylation is 1. The molecule has 0 fully saturated rings. The average molecular weight is 205 g/mol. The predicted octanol–water partition coefficient (Wildman–Crippen LogP) is 3.99. The molecule has 1 aromatic heterocycles. The first kappa shape index (κ1) is 12.2. The summed E-state index contributed by atoms with van der Waals surface area (Å²) in [5.74, 6) is 0. The van der Waals surface area contributed by atoms with Gasteiger partial charge in [-0.1, -0.05) is 47.6 Å². The maximum absolute atomic E-state index is 4.62. The molecule has 0 amide bonds. The third-order valence-electron chi connectivity index (χ3n) is 2.54. The lowest BCUT2D eigenvalue weighted by atomic mass is 9.78. The highest BCUT2D eigenvalue weighted by Crippen LogP contribution is 2.32. The third kappa shape index (κ3) is 2.80. The second-order valence-corrected chi connectivity index (χ2v) is 6.41. The molecule has 0 atom stereocenters. The van der Waals surface area contributed by atoms with Crippen LogP contribution in [0.1, 0.15) is 58.4 Å². The van der Waals surface area contributed by atoms with Crippen LogP contribution in [0.3, 0.4) is 0 Å². The van der Waals surface area contributed by atoms with Crippen molar-refractivity contribution < 1.29 is 0 Å². The van der Waals surface area contributed by atoms with Crippen LogP contribution in [0.2, 0.25) is 0 Å². The molecule has 0 radical (unpaired) electrons. The van der Waals surface area contributed by atoms with Gasteiger partial charge in [-0.2, -0.15) is 0 Å². The van der Waals surface area contributed by atoms with Gasteiger partial charge in [-0.3, -0.25) is 4.98 Å².